The molecule has 23 heavy (non-hydrogen) atoms. The lowest BCUT2D eigenvalue weighted by Crippen LogP contribution is -2.28. The van der Waals surface area contributed by atoms with Crippen molar-refractivity contribution in [3.8, 4) is 11.1 Å². The average molecular weight is 311 g/mol. The van der Waals surface area contributed by atoms with E-state index in [1.807, 2.05) is 30.3 Å². The minimum absolute atomic E-state index is 0.0597. The van der Waals surface area contributed by atoms with Gasteiger partial charge < -0.3 is 10.0 Å². The number of aliphatic carboxylic acids is 1. The maximum atomic E-state index is 12.3. The van der Waals surface area contributed by atoms with Crippen LogP contribution in [0.4, 0.5) is 0 Å². The maximum Gasteiger partial charge on any atom is 0.313 e. The van der Waals surface area contributed by atoms with Gasteiger partial charge >= 0.3 is 5.97 Å². The third-order valence-corrected chi connectivity index (χ3v) is 4.02. The van der Waals surface area contributed by atoms with Crippen molar-refractivity contribution < 1.29 is 14.7 Å². The molecule has 4 heteroatoms. The molecule has 120 valence electrons. The first-order chi connectivity index (χ1) is 10.7. The van der Waals surface area contributed by atoms with Gasteiger partial charge in [-0.15, -0.1) is 0 Å². The van der Waals surface area contributed by atoms with Crippen LogP contribution in [-0.2, 0) is 10.2 Å². The molecule has 0 bridgehead atoms. The van der Waals surface area contributed by atoms with E-state index in [2.05, 4.69) is 0 Å². The van der Waals surface area contributed by atoms with Crippen LogP contribution in [0.3, 0.4) is 0 Å². The molecule has 0 saturated heterocycles. The molecule has 1 amide bonds. The van der Waals surface area contributed by atoms with E-state index in [9.17, 15) is 14.7 Å². The quantitative estimate of drug-likeness (QED) is 0.941. The van der Waals surface area contributed by atoms with Gasteiger partial charge in [0.25, 0.3) is 5.91 Å². The van der Waals surface area contributed by atoms with Crippen molar-refractivity contribution in [3.63, 3.8) is 0 Å². The Balaban J connectivity index is 2.45. The van der Waals surface area contributed by atoms with Crippen molar-refractivity contribution in [1.29, 1.82) is 0 Å². The summed E-state index contributed by atoms with van der Waals surface area (Å²) in [5, 5.41) is 9.31. The predicted molar refractivity (Wildman–Crippen MR) is 90.6 cm³/mol. The zero-order valence-electron chi connectivity index (χ0n) is 13.8. The summed E-state index contributed by atoms with van der Waals surface area (Å²) in [6.07, 6.45) is 0. The van der Waals surface area contributed by atoms with Gasteiger partial charge in [0.2, 0.25) is 0 Å². The normalized spacial score (nSPS) is 11.1. The molecule has 0 fully saturated rings. The number of carbonyl (C=O) groups is 2. The largest absolute Gasteiger partial charge is 0.481 e. The summed E-state index contributed by atoms with van der Waals surface area (Å²) in [5.41, 5.74) is 2.14. The number of benzene rings is 2. The lowest BCUT2D eigenvalue weighted by Gasteiger charge is -2.20. The SMILES string of the molecule is CN(C)C(=O)c1ccccc1-c1ccc(C(C)(C)C(=O)O)cc1. The highest BCUT2D eigenvalue weighted by Gasteiger charge is 2.29. The molecule has 2 rings (SSSR count). The molecular formula is C19H21NO3. The van der Waals surface area contributed by atoms with Gasteiger partial charge in [0, 0.05) is 19.7 Å². The molecule has 2 aromatic rings. The van der Waals surface area contributed by atoms with Gasteiger partial charge in [0.15, 0.2) is 0 Å². The van der Waals surface area contributed by atoms with Crippen LogP contribution in [0.5, 0.6) is 0 Å². The van der Waals surface area contributed by atoms with Gasteiger partial charge in [-0.3, -0.25) is 9.59 Å². The number of hydrogen-bond donors (Lipinski definition) is 1. The van der Waals surface area contributed by atoms with E-state index < -0.39 is 11.4 Å². The van der Waals surface area contributed by atoms with E-state index in [0.29, 0.717) is 5.56 Å². The second kappa shape index (κ2) is 6.24. The van der Waals surface area contributed by atoms with Gasteiger partial charge in [0.05, 0.1) is 5.41 Å². The average Bonchev–Trinajstić information content (AvgIpc) is 2.54. The van der Waals surface area contributed by atoms with Crippen LogP contribution in [0.25, 0.3) is 11.1 Å². The van der Waals surface area contributed by atoms with Crippen molar-refractivity contribution in [3.05, 3.63) is 59.7 Å². The Morgan fingerprint density at radius 1 is 0.957 bits per heavy atom. The van der Waals surface area contributed by atoms with Crippen LogP contribution in [0.15, 0.2) is 48.5 Å². The van der Waals surface area contributed by atoms with E-state index in [-0.39, 0.29) is 5.91 Å². The summed E-state index contributed by atoms with van der Waals surface area (Å²) < 4.78 is 0. The summed E-state index contributed by atoms with van der Waals surface area (Å²) >= 11 is 0. The van der Waals surface area contributed by atoms with E-state index in [4.69, 9.17) is 0 Å². The lowest BCUT2D eigenvalue weighted by molar-refractivity contribution is -0.142. The Labute approximate surface area is 136 Å². The standard InChI is InChI=1S/C19H21NO3/c1-19(2,18(22)23)14-11-9-13(10-12-14)15-7-5-6-8-16(15)17(21)20(3)4/h5-12H,1-4H3,(H,22,23). The van der Waals surface area contributed by atoms with Crippen molar-refractivity contribution >= 4 is 11.9 Å². The second-order valence-corrected chi connectivity index (χ2v) is 6.25. The van der Waals surface area contributed by atoms with Crippen LogP contribution in [0, 0.1) is 0 Å². The summed E-state index contributed by atoms with van der Waals surface area (Å²) in [4.78, 5) is 25.2. The summed E-state index contributed by atoms with van der Waals surface area (Å²) in [7, 11) is 3.44. The van der Waals surface area contributed by atoms with Crippen LogP contribution in [-0.4, -0.2) is 36.0 Å². The fraction of sp³-hybridized carbons (Fsp3) is 0.263. The second-order valence-electron chi connectivity index (χ2n) is 6.25. The monoisotopic (exact) mass is 311 g/mol. The zero-order chi connectivity index (χ0) is 17.2. The molecule has 0 saturated carbocycles. The molecule has 1 N–H and O–H groups in total. The van der Waals surface area contributed by atoms with Gasteiger partial charge in [-0.2, -0.15) is 0 Å². The Kier molecular flexibility index (Phi) is 4.55. The third-order valence-electron chi connectivity index (χ3n) is 4.02. The molecule has 0 aliphatic heterocycles. The van der Waals surface area contributed by atoms with E-state index in [0.717, 1.165) is 16.7 Å². The molecule has 2 aromatic carbocycles. The minimum Gasteiger partial charge on any atom is -0.481 e. The smallest absolute Gasteiger partial charge is 0.313 e. The highest BCUT2D eigenvalue weighted by Crippen LogP contribution is 2.29. The Morgan fingerprint density at radius 2 is 1.52 bits per heavy atom. The van der Waals surface area contributed by atoms with Crippen molar-refractivity contribution in [2.24, 2.45) is 0 Å². The molecular weight excluding hydrogens is 290 g/mol. The summed E-state index contributed by atoms with van der Waals surface area (Å²) in [6.45, 7) is 3.35. The van der Waals surface area contributed by atoms with E-state index in [1.54, 1.807) is 51.0 Å². The van der Waals surface area contributed by atoms with Crippen molar-refractivity contribution in [2.75, 3.05) is 14.1 Å². The number of rotatable bonds is 4. The van der Waals surface area contributed by atoms with Gasteiger partial charge in [-0.05, 0) is 36.6 Å². The molecule has 4 nitrogen and oxygen atoms in total. The highest BCUT2D eigenvalue weighted by molar-refractivity contribution is 6.00. The number of carbonyl (C=O) groups excluding carboxylic acids is 1. The summed E-state index contributed by atoms with van der Waals surface area (Å²) in [6, 6.07) is 14.8. The fourth-order valence-electron chi connectivity index (χ4n) is 2.35. The van der Waals surface area contributed by atoms with Crippen LogP contribution >= 0.6 is 0 Å². The number of carboxylic acid groups (broad SMARTS) is 1. The number of amides is 1. The lowest BCUT2D eigenvalue weighted by atomic mass is 9.84. The van der Waals surface area contributed by atoms with E-state index in [1.165, 1.54) is 0 Å². The van der Waals surface area contributed by atoms with Crippen molar-refractivity contribution in [2.45, 2.75) is 19.3 Å². The highest BCUT2D eigenvalue weighted by atomic mass is 16.4. The number of hydrogen-bond acceptors (Lipinski definition) is 2. The van der Waals surface area contributed by atoms with Crippen LogP contribution in [0.2, 0.25) is 0 Å². The Morgan fingerprint density at radius 3 is 2.04 bits per heavy atom. The maximum absolute atomic E-state index is 12.3. The molecule has 0 aliphatic carbocycles. The Bertz CT molecular complexity index is 731. The number of nitrogens with zero attached hydrogens (tertiary/aromatic N) is 1. The van der Waals surface area contributed by atoms with Gasteiger partial charge in [-0.25, -0.2) is 0 Å². The van der Waals surface area contributed by atoms with Crippen LogP contribution in [0.1, 0.15) is 29.8 Å². The molecule has 0 radical (unpaired) electrons. The zero-order valence-corrected chi connectivity index (χ0v) is 13.8. The number of carboxylic acids is 1. The predicted octanol–water partition coefficient (Wildman–Crippen LogP) is 3.42. The molecule has 0 heterocycles. The van der Waals surface area contributed by atoms with Gasteiger partial charge in [0.1, 0.15) is 0 Å². The first-order valence-electron chi connectivity index (χ1n) is 7.40. The minimum atomic E-state index is -0.947. The summed E-state index contributed by atoms with van der Waals surface area (Å²) in [5.74, 6) is -0.927. The van der Waals surface area contributed by atoms with Crippen LogP contribution < -0.4 is 0 Å². The molecule has 0 aliphatic rings. The molecule has 0 spiro atoms. The topological polar surface area (TPSA) is 57.6 Å². The van der Waals surface area contributed by atoms with E-state index >= 15 is 0 Å². The molecule has 0 unspecified atom stereocenters. The fourth-order valence-corrected chi connectivity index (χ4v) is 2.35. The first-order valence-corrected chi connectivity index (χ1v) is 7.40. The molecule has 0 aromatic heterocycles. The Hall–Kier alpha value is -2.62. The first kappa shape index (κ1) is 16.7. The third kappa shape index (κ3) is 3.26. The molecule has 0 atom stereocenters. The van der Waals surface area contributed by atoms with Crippen molar-refractivity contribution in [1.82, 2.24) is 4.90 Å². The van der Waals surface area contributed by atoms with Gasteiger partial charge in [-0.1, -0.05) is 42.5 Å².